The van der Waals surface area contributed by atoms with E-state index in [1.54, 1.807) is 0 Å². The molecule has 0 aromatic heterocycles. The number of nitrogens with two attached hydrogens (primary N) is 4. The van der Waals surface area contributed by atoms with E-state index in [9.17, 15) is 28.8 Å². The Balaban J connectivity index is 5.66. The number of aliphatic imine (C=N–C) groups is 1. The van der Waals surface area contributed by atoms with Gasteiger partial charge in [-0.25, -0.2) is 4.79 Å². The molecule has 35 heavy (non-hydrogen) atoms. The van der Waals surface area contributed by atoms with Gasteiger partial charge < -0.3 is 54.2 Å². The Morgan fingerprint density at radius 1 is 0.800 bits per heavy atom. The van der Waals surface area contributed by atoms with Crippen LogP contribution < -0.4 is 38.9 Å². The highest BCUT2D eigenvalue weighted by Crippen LogP contribution is 2.05. The molecular formula is C18H32N8O9. The third kappa shape index (κ3) is 13.3. The molecule has 0 aliphatic carbocycles. The van der Waals surface area contributed by atoms with Crippen molar-refractivity contribution >= 4 is 41.5 Å². The maximum absolute atomic E-state index is 12.8. The number of primary amides is 1. The maximum atomic E-state index is 12.8. The number of rotatable bonds is 17. The summed E-state index contributed by atoms with van der Waals surface area (Å²) in [6, 6.07) is -5.95. The molecule has 0 saturated carbocycles. The van der Waals surface area contributed by atoms with Gasteiger partial charge in [0.1, 0.15) is 24.2 Å². The molecule has 17 nitrogen and oxygen atoms in total. The van der Waals surface area contributed by atoms with Crippen LogP contribution in [-0.4, -0.2) is 94.2 Å². The summed E-state index contributed by atoms with van der Waals surface area (Å²) in [5.74, 6) is -7.00. The van der Waals surface area contributed by atoms with Gasteiger partial charge in [0.25, 0.3) is 0 Å². The summed E-state index contributed by atoms with van der Waals surface area (Å²) >= 11 is 0. The summed E-state index contributed by atoms with van der Waals surface area (Å²) < 4.78 is 0. The molecule has 0 heterocycles. The quantitative estimate of drug-likeness (QED) is 0.0504. The molecule has 0 fully saturated rings. The number of aliphatic hydroxyl groups excluding tert-OH is 1. The number of aliphatic carboxylic acids is 2. The monoisotopic (exact) mass is 504 g/mol. The Morgan fingerprint density at radius 2 is 1.31 bits per heavy atom. The lowest BCUT2D eigenvalue weighted by molar-refractivity contribution is -0.147. The Morgan fingerprint density at radius 3 is 1.77 bits per heavy atom. The highest BCUT2D eigenvalue weighted by molar-refractivity contribution is 5.94. The Labute approximate surface area is 199 Å². The predicted octanol–water partition coefficient (Wildman–Crippen LogP) is -5.36. The largest absolute Gasteiger partial charge is 0.481 e. The normalized spacial score (nSPS) is 13.9. The summed E-state index contributed by atoms with van der Waals surface area (Å²) in [4.78, 5) is 74.6. The van der Waals surface area contributed by atoms with E-state index < -0.39 is 72.8 Å². The molecule has 0 saturated heterocycles. The molecule has 0 aromatic carbocycles. The Hall–Kier alpha value is -3.99. The van der Waals surface area contributed by atoms with Gasteiger partial charge in [-0.05, 0) is 19.3 Å². The zero-order valence-electron chi connectivity index (χ0n) is 18.8. The second-order valence-electron chi connectivity index (χ2n) is 7.36. The fourth-order valence-corrected chi connectivity index (χ4v) is 2.61. The molecule has 0 radical (unpaired) electrons. The Bertz CT molecular complexity index is 816. The molecule has 198 valence electrons. The van der Waals surface area contributed by atoms with Crippen LogP contribution in [0.2, 0.25) is 0 Å². The lowest BCUT2D eigenvalue weighted by Crippen LogP contribution is -2.57. The van der Waals surface area contributed by atoms with Crippen LogP contribution in [0.3, 0.4) is 0 Å². The summed E-state index contributed by atoms with van der Waals surface area (Å²) in [5.41, 5.74) is 21.0. The molecule has 4 unspecified atom stereocenters. The summed E-state index contributed by atoms with van der Waals surface area (Å²) in [6.45, 7) is -0.682. The minimum atomic E-state index is -1.79. The highest BCUT2D eigenvalue weighted by Gasteiger charge is 2.31. The van der Waals surface area contributed by atoms with Crippen LogP contribution in [0.5, 0.6) is 0 Å². The summed E-state index contributed by atoms with van der Waals surface area (Å²) in [6.07, 6.45) is -1.49. The summed E-state index contributed by atoms with van der Waals surface area (Å²) in [5, 5.41) is 33.6. The maximum Gasteiger partial charge on any atom is 0.326 e. The van der Waals surface area contributed by atoms with Crippen molar-refractivity contribution < 1.29 is 44.1 Å². The molecule has 0 spiro atoms. The SMILES string of the molecule is NC(=O)CCC(NC(=O)C(N)CO)C(=O)NC(CCCN=C(N)N)C(=O)NC(CC(=O)O)C(=O)O. The molecule has 0 bridgehead atoms. The number of carbonyl (C=O) groups is 6. The van der Waals surface area contributed by atoms with E-state index in [4.69, 9.17) is 38.3 Å². The fourth-order valence-electron chi connectivity index (χ4n) is 2.61. The average molecular weight is 505 g/mol. The number of hydrogen-bond donors (Lipinski definition) is 10. The van der Waals surface area contributed by atoms with Gasteiger partial charge in [0, 0.05) is 13.0 Å². The number of carboxylic acid groups (broad SMARTS) is 2. The number of nitrogens with zero attached hydrogens (tertiary/aromatic N) is 1. The Kier molecular flexibility index (Phi) is 14.0. The third-order valence-electron chi connectivity index (χ3n) is 4.42. The first-order valence-electron chi connectivity index (χ1n) is 10.3. The van der Waals surface area contributed by atoms with Crippen molar-refractivity contribution in [1.82, 2.24) is 16.0 Å². The number of carbonyl (C=O) groups excluding carboxylic acids is 4. The van der Waals surface area contributed by atoms with Crippen LogP contribution in [0.1, 0.15) is 32.1 Å². The van der Waals surface area contributed by atoms with Gasteiger partial charge in [-0.3, -0.25) is 29.0 Å². The molecule has 0 aromatic rings. The molecule has 4 amide bonds. The minimum Gasteiger partial charge on any atom is -0.481 e. The molecule has 4 atom stereocenters. The van der Waals surface area contributed by atoms with Crippen molar-refractivity contribution in [1.29, 1.82) is 0 Å². The van der Waals surface area contributed by atoms with E-state index in [0.717, 1.165) is 0 Å². The molecule has 0 aliphatic rings. The number of hydrogen-bond acceptors (Lipinski definition) is 9. The number of carboxylic acids is 2. The van der Waals surface area contributed by atoms with E-state index in [0.29, 0.717) is 0 Å². The van der Waals surface area contributed by atoms with E-state index in [1.807, 2.05) is 5.32 Å². The van der Waals surface area contributed by atoms with Crippen molar-refractivity contribution in [3.8, 4) is 0 Å². The second-order valence-corrected chi connectivity index (χ2v) is 7.36. The first-order valence-corrected chi connectivity index (χ1v) is 10.3. The van der Waals surface area contributed by atoms with Crippen molar-refractivity contribution in [3.05, 3.63) is 0 Å². The van der Waals surface area contributed by atoms with Crippen LogP contribution in [0, 0.1) is 0 Å². The molecule has 0 aliphatic heterocycles. The van der Waals surface area contributed by atoms with Crippen LogP contribution in [0.4, 0.5) is 0 Å². The highest BCUT2D eigenvalue weighted by atomic mass is 16.4. The van der Waals surface area contributed by atoms with Gasteiger partial charge in [-0.1, -0.05) is 0 Å². The van der Waals surface area contributed by atoms with Gasteiger partial charge in [-0.15, -0.1) is 0 Å². The van der Waals surface area contributed by atoms with Gasteiger partial charge in [0.15, 0.2) is 5.96 Å². The van der Waals surface area contributed by atoms with Gasteiger partial charge in [-0.2, -0.15) is 0 Å². The van der Waals surface area contributed by atoms with E-state index in [-0.39, 0.29) is 38.2 Å². The first-order chi connectivity index (χ1) is 16.3. The van der Waals surface area contributed by atoms with Gasteiger partial charge >= 0.3 is 11.9 Å². The van der Waals surface area contributed by atoms with Crippen molar-refractivity contribution in [2.45, 2.75) is 56.3 Å². The van der Waals surface area contributed by atoms with Gasteiger partial charge in [0.05, 0.1) is 13.0 Å². The van der Waals surface area contributed by atoms with Crippen molar-refractivity contribution in [3.63, 3.8) is 0 Å². The van der Waals surface area contributed by atoms with Crippen LogP contribution >= 0.6 is 0 Å². The fraction of sp³-hybridized carbons (Fsp3) is 0.611. The number of aliphatic hydroxyl groups is 1. The summed E-state index contributed by atoms with van der Waals surface area (Å²) in [7, 11) is 0. The van der Waals surface area contributed by atoms with E-state index in [1.165, 1.54) is 0 Å². The van der Waals surface area contributed by atoms with Crippen molar-refractivity contribution in [2.24, 2.45) is 27.9 Å². The number of guanidine groups is 1. The lowest BCUT2D eigenvalue weighted by atomic mass is 10.1. The molecule has 17 heteroatoms. The lowest BCUT2D eigenvalue weighted by Gasteiger charge is -2.24. The van der Waals surface area contributed by atoms with E-state index in [2.05, 4.69) is 15.6 Å². The van der Waals surface area contributed by atoms with Crippen LogP contribution in [0.15, 0.2) is 4.99 Å². The number of amides is 4. The first kappa shape index (κ1) is 31.0. The average Bonchev–Trinajstić information content (AvgIpc) is 2.76. The zero-order chi connectivity index (χ0) is 27.1. The predicted molar refractivity (Wildman–Crippen MR) is 119 cm³/mol. The smallest absolute Gasteiger partial charge is 0.326 e. The van der Waals surface area contributed by atoms with E-state index >= 15 is 0 Å². The van der Waals surface area contributed by atoms with Gasteiger partial charge in [0.2, 0.25) is 23.6 Å². The zero-order valence-corrected chi connectivity index (χ0v) is 18.8. The topological polar surface area (TPSA) is 316 Å². The van der Waals surface area contributed by atoms with Crippen LogP contribution in [-0.2, 0) is 28.8 Å². The van der Waals surface area contributed by atoms with Crippen LogP contribution in [0.25, 0.3) is 0 Å². The molecule has 14 N–H and O–H groups in total. The second kappa shape index (κ2) is 15.8. The molecule has 0 rings (SSSR count). The standard InChI is InChI=1S/C18H32N8O9/c19-8(7-27)14(31)24-10(3-4-12(20)28)16(33)25-9(2-1-5-23-18(21)22)15(32)26-11(17(34)35)6-13(29)30/h8-11,27H,1-7,19H2,(H2,20,28)(H,24,31)(H,25,33)(H,26,32)(H,29,30)(H,34,35)(H4,21,22,23). The van der Waals surface area contributed by atoms with Crippen molar-refractivity contribution in [2.75, 3.05) is 13.2 Å². The minimum absolute atomic E-state index is 0.0483. The number of nitrogens with one attached hydrogen (secondary N) is 3. The molecular weight excluding hydrogens is 472 g/mol. The third-order valence-corrected chi connectivity index (χ3v) is 4.42.